The van der Waals surface area contributed by atoms with E-state index in [1.807, 2.05) is 0 Å². The third-order valence-corrected chi connectivity index (χ3v) is 4.10. The fourth-order valence-corrected chi connectivity index (χ4v) is 2.36. The molecule has 2 rings (SSSR count). The summed E-state index contributed by atoms with van der Waals surface area (Å²) in [7, 11) is 2.06. The Morgan fingerprint density at radius 2 is 1.90 bits per heavy atom. The molecule has 1 aliphatic rings. The van der Waals surface area contributed by atoms with E-state index in [1.165, 1.54) is 12.8 Å². The van der Waals surface area contributed by atoms with Crippen LogP contribution in [-0.2, 0) is 0 Å². The summed E-state index contributed by atoms with van der Waals surface area (Å²) in [4.78, 5) is 18.2. The number of hydrogen-bond donors (Lipinski definition) is 1. The Morgan fingerprint density at radius 3 is 2.52 bits per heavy atom. The fraction of sp³-hybridized carbons (Fsp3) is 0.800. The van der Waals surface area contributed by atoms with Gasteiger partial charge < -0.3 is 15.1 Å². The third kappa shape index (κ3) is 3.95. The van der Waals surface area contributed by atoms with Crippen molar-refractivity contribution in [2.24, 2.45) is 0 Å². The number of anilines is 3. The van der Waals surface area contributed by atoms with Gasteiger partial charge in [-0.1, -0.05) is 13.8 Å². The number of rotatable bonds is 7. The lowest BCUT2D eigenvalue weighted by molar-refractivity contribution is 0.646. The number of nitrogens with one attached hydrogen (secondary N) is 1. The molecule has 0 radical (unpaired) electrons. The molecule has 0 spiro atoms. The van der Waals surface area contributed by atoms with Gasteiger partial charge in [-0.15, -0.1) is 0 Å². The summed E-state index contributed by atoms with van der Waals surface area (Å²) in [5.41, 5.74) is 0. The molecule has 1 unspecified atom stereocenters. The Balaban J connectivity index is 2.27. The Kier molecular flexibility index (Phi) is 5.59. The molecule has 0 amide bonds. The van der Waals surface area contributed by atoms with Crippen molar-refractivity contribution in [3.63, 3.8) is 0 Å². The molecule has 21 heavy (non-hydrogen) atoms. The van der Waals surface area contributed by atoms with Crippen LogP contribution in [-0.4, -0.2) is 47.7 Å². The zero-order chi connectivity index (χ0) is 15.2. The van der Waals surface area contributed by atoms with Crippen molar-refractivity contribution < 1.29 is 0 Å². The molecular weight excluding hydrogens is 264 g/mol. The van der Waals surface area contributed by atoms with Gasteiger partial charge in [-0.25, -0.2) is 0 Å². The molecule has 0 bridgehead atoms. The number of hydrogen-bond acceptors (Lipinski definition) is 6. The van der Waals surface area contributed by atoms with E-state index in [-0.39, 0.29) is 0 Å². The molecule has 1 atom stereocenters. The first kappa shape index (κ1) is 15.8. The summed E-state index contributed by atoms with van der Waals surface area (Å²) in [5, 5.41) is 3.29. The Morgan fingerprint density at radius 1 is 1.19 bits per heavy atom. The molecule has 0 aromatic carbocycles. The number of aromatic nitrogens is 3. The van der Waals surface area contributed by atoms with E-state index < -0.39 is 0 Å². The highest BCUT2D eigenvalue weighted by atomic mass is 15.4. The van der Waals surface area contributed by atoms with E-state index in [1.54, 1.807) is 0 Å². The lowest BCUT2D eigenvalue weighted by atomic mass is 10.2. The lowest BCUT2D eigenvalue weighted by Crippen LogP contribution is -2.31. The first-order valence-corrected chi connectivity index (χ1v) is 8.13. The molecule has 6 nitrogen and oxygen atoms in total. The van der Waals surface area contributed by atoms with Gasteiger partial charge in [0.25, 0.3) is 0 Å². The van der Waals surface area contributed by atoms with Crippen molar-refractivity contribution in [2.75, 3.05) is 41.8 Å². The maximum atomic E-state index is 4.68. The van der Waals surface area contributed by atoms with Gasteiger partial charge in [-0.05, 0) is 32.6 Å². The second-order valence-corrected chi connectivity index (χ2v) is 5.75. The highest BCUT2D eigenvalue weighted by Crippen LogP contribution is 2.21. The fourth-order valence-electron chi connectivity index (χ4n) is 2.36. The Labute approximate surface area is 128 Å². The van der Waals surface area contributed by atoms with E-state index in [0.29, 0.717) is 12.0 Å². The van der Waals surface area contributed by atoms with Gasteiger partial charge in [0, 0.05) is 32.7 Å². The Bertz CT molecular complexity index is 444. The van der Waals surface area contributed by atoms with Crippen LogP contribution in [0.15, 0.2) is 0 Å². The molecule has 1 saturated heterocycles. The maximum Gasteiger partial charge on any atom is 0.231 e. The van der Waals surface area contributed by atoms with Gasteiger partial charge in [0.15, 0.2) is 0 Å². The predicted molar refractivity (Wildman–Crippen MR) is 88.2 cm³/mol. The highest BCUT2D eigenvalue weighted by molar-refractivity contribution is 5.45. The molecule has 0 aliphatic carbocycles. The van der Waals surface area contributed by atoms with Crippen molar-refractivity contribution in [3.8, 4) is 0 Å². The summed E-state index contributed by atoms with van der Waals surface area (Å²) >= 11 is 0. The second kappa shape index (κ2) is 7.43. The normalized spacial score (nSPS) is 16.1. The maximum absolute atomic E-state index is 4.68. The molecule has 1 aliphatic heterocycles. The van der Waals surface area contributed by atoms with Gasteiger partial charge in [-0.3, -0.25) is 0 Å². The van der Waals surface area contributed by atoms with E-state index in [0.717, 1.165) is 44.4 Å². The van der Waals surface area contributed by atoms with E-state index >= 15 is 0 Å². The quantitative estimate of drug-likeness (QED) is 0.833. The zero-order valence-corrected chi connectivity index (χ0v) is 13.8. The molecule has 1 N–H and O–H groups in total. The molecular formula is C15H28N6. The van der Waals surface area contributed by atoms with Crippen LogP contribution < -0.4 is 15.1 Å². The number of nitrogens with zero attached hydrogens (tertiary/aromatic N) is 5. The summed E-state index contributed by atoms with van der Waals surface area (Å²) < 4.78 is 0. The first-order chi connectivity index (χ1) is 10.2. The van der Waals surface area contributed by atoms with Crippen molar-refractivity contribution >= 4 is 17.8 Å². The molecule has 0 saturated carbocycles. The van der Waals surface area contributed by atoms with Crippen LogP contribution in [0.4, 0.5) is 17.8 Å². The van der Waals surface area contributed by atoms with Crippen molar-refractivity contribution in [3.05, 3.63) is 0 Å². The highest BCUT2D eigenvalue weighted by Gasteiger charge is 2.19. The van der Waals surface area contributed by atoms with Crippen LogP contribution in [0.2, 0.25) is 0 Å². The summed E-state index contributed by atoms with van der Waals surface area (Å²) in [5.74, 6) is 2.27. The monoisotopic (exact) mass is 292 g/mol. The van der Waals surface area contributed by atoms with E-state index in [2.05, 4.69) is 57.9 Å². The average Bonchev–Trinajstić information content (AvgIpc) is 3.05. The topological polar surface area (TPSA) is 57.2 Å². The molecule has 6 heteroatoms. The summed E-state index contributed by atoms with van der Waals surface area (Å²) in [6.45, 7) is 9.49. The van der Waals surface area contributed by atoms with Crippen LogP contribution in [0, 0.1) is 0 Å². The zero-order valence-electron chi connectivity index (χ0n) is 13.8. The minimum Gasteiger partial charge on any atom is -0.354 e. The van der Waals surface area contributed by atoms with Crippen LogP contribution in [0.5, 0.6) is 0 Å². The molecule has 118 valence electrons. The van der Waals surface area contributed by atoms with Gasteiger partial charge in [-0.2, -0.15) is 15.0 Å². The van der Waals surface area contributed by atoms with E-state index in [4.69, 9.17) is 0 Å². The van der Waals surface area contributed by atoms with Crippen LogP contribution in [0.1, 0.15) is 46.5 Å². The van der Waals surface area contributed by atoms with Gasteiger partial charge in [0.2, 0.25) is 17.8 Å². The van der Waals surface area contributed by atoms with Crippen LogP contribution in [0.25, 0.3) is 0 Å². The van der Waals surface area contributed by atoms with E-state index in [9.17, 15) is 0 Å². The molecule has 1 fully saturated rings. The smallest absolute Gasteiger partial charge is 0.231 e. The summed E-state index contributed by atoms with van der Waals surface area (Å²) in [6.07, 6.45) is 4.57. The van der Waals surface area contributed by atoms with Gasteiger partial charge in [0.05, 0.1) is 0 Å². The summed E-state index contributed by atoms with van der Waals surface area (Å²) in [6, 6.07) is 0.415. The lowest BCUT2D eigenvalue weighted by Gasteiger charge is -2.25. The van der Waals surface area contributed by atoms with Gasteiger partial charge in [0.1, 0.15) is 0 Å². The van der Waals surface area contributed by atoms with Gasteiger partial charge >= 0.3 is 0 Å². The molecule has 1 aromatic rings. The van der Waals surface area contributed by atoms with Crippen molar-refractivity contribution in [1.29, 1.82) is 0 Å². The molecule has 2 heterocycles. The predicted octanol–water partition coefficient (Wildman–Crippen LogP) is 2.53. The van der Waals surface area contributed by atoms with Crippen molar-refractivity contribution in [2.45, 2.75) is 52.5 Å². The molecule has 1 aromatic heterocycles. The Hall–Kier alpha value is -1.59. The second-order valence-electron chi connectivity index (χ2n) is 5.75. The van der Waals surface area contributed by atoms with Crippen LogP contribution in [0.3, 0.4) is 0 Å². The standard InChI is InChI=1S/C15H28N6/c1-5-9-16-13-17-14(20(4)12(3)6-2)19-15(18-13)21-10-7-8-11-21/h12H,5-11H2,1-4H3,(H,16,17,18,19). The average molecular weight is 292 g/mol. The largest absolute Gasteiger partial charge is 0.354 e. The third-order valence-electron chi connectivity index (χ3n) is 4.10. The minimum absolute atomic E-state index is 0.415. The first-order valence-electron chi connectivity index (χ1n) is 8.13. The minimum atomic E-state index is 0.415. The van der Waals surface area contributed by atoms with Crippen LogP contribution >= 0.6 is 0 Å². The SMILES string of the molecule is CCCNc1nc(N2CCCC2)nc(N(C)C(C)CC)n1. The van der Waals surface area contributed by atoms with Crippen molar-refractivity contribution in [1.82, 2.24) is 15.0 Å².